The summed E-state index contributed by atoms with van der Waals surface area (Å²) >= 11 is 0. The van der Waals surface area contributed by atoms with E-state index in [1.165, 1.54) is 295 Å². The topological polar surface area (TPSA) is 93.1 Å². The van der Waals surface area contributed by atoms with Crippen molar-refractivity contribution in [3.05, 3.63) is 12.2 Å². The smallest absolute Gasteiger partial charge is 0.309 e. The molecule has 68 heavy (non-hydrogen) atoms. The minimum Gasteiger partial charge on any atom is -0.465 e. The second kappa shape index (κ2) is 51.9. The molecule has 6 heteroatoms. The Labute approximate surface area is 423 Å². The number of hydrogen-bond acceptors (Lipinski definition) is 6. The first-order valence-corrected chi connectivity index (χ1v) is 30.8. The van der Waals surface area contributed by atoms with Crippen LogP contribution in [0.25, 0.3) is 0 Å². The van der Waals surface area contributed by atoms with E-state index in [1.807, 2.05) is 0 Å². The number of carbonyl (C=O) groups is 2. The molecule has 1 fully saturated rings. The molecule has 0 aromatic rings. The molecule has 1 heterocycles. The number of allylic oxidation sites excluding steroid dienone is 2. The summed E-state index contributed by atoms with van der Waals surface area (Å²) in [6, 6.07) is 0. The van der Waals surface area contributed by atoms with Gasteiger partial charge in [0.25, 0.3) is 0 Å². The van der Waals surface area contributed by atoms with E-state index in [0.29, 0.717) is 6.42 Å². The van der Waals surface area contributed by atoms with Gasteiger partial charge in [0.15, 0.2) is 0 Å². The molecule has 0 aromatic heterocycles. The second-order valence-corrected chi connectivity index (χ2v) is 22.1. The fourth-order valence-electron chi connectivity index (χ4n) is 10.2. The number of cyclic esters (lactones) is 2. The zero-order valence-corrected chi connectivity index (χ0v) is 45.7. The fourth-order valence-corrected chi connectivity index (χ4v) is 10.2. The van der Waals surface area contributed by atoms with Crippen molar-refractivity contribution in [3.63, 3.8) is 0 Å². The zero-order valence-electron chi connectivity index (χ0n) is 45.7. The lowest BCUT2D eigenvalue weighted by molar-refractivity contribution is -0.155. The summed E-state index contributed by atoms with van der Waals surface area (Å²) < 4.78 is 10.6. The van der Waals surface area contributed by atoms with Gasteiger partial charge in [-0.15, -0.1) is 0 Å². The van der Waals surface area contributed by atoms with Gasteiger partial charge in [0, 0.05) is 0 Å². The Morgan fingerprint density at radius 1 is 0.382 bits per heavy atom. The minimum atomic E-state index is -1.12. The SMILES string of the molecule is CCCCC/C=C/CCCCCCCCCCCCCCCCCCCCCCCCCCCCCCCCCCCCCCCCCCCCCCC1CC(=O)OCC(CO)(CO)COC1=O. The number of unbranched alkanes of at least 4 members (excludes halogenated alkanes) is 47. The summed E-state index contributed by atoms with van der Waals surface area (Å²) in [5.74, 6) is -1.40. The molecule has 0 spiro atoms. The van der Waals surface area contributed by atoms with Crippen LogP contribution in [0.1, 0.15) is 334 Å². The minimum absolute atomic E-state index is 0.00515. The van der Waals surface area contributed by atoms with Crippen molar-refractivity contribution in [2.45, 2.75) is 334 Å². The molecule has 6 nitrogen and oxygen atoms in total. The van der Waals surface area contributed by atoms with E-state index in [1.54, 1.807) is 0 Å². The van der Waals surface area contributed by atoms with Gasteiger partial charge in [0.2, 0.25) is 0 Å². The van der Waals surface area contributed by atoms with Crippen LogP contribution in [0.4, 0.5) is 0 Å². The van der Waals surface area contributed by atoms with Crippen LogP contribution in [0.15, 0.2) is 12.2 Å². The Morgan fingerprint density at radius 3 is 0.912 bits per heavy atom. The van der Waals surface area contributed by atoms with Crippen LogP contribution in [-0.4, -0.2) is 48.6 Å². The number of rotatable bonds is 53. The highest BCUT2D eigenvalue weighted by atomic mass is 16.6. The fraction of sp³-hybridized carbons (Fsp3) is 0.935. The Morgan fingerprint density at radius 2 is 0.632 bits per heavy atom. The molecule has 0 saturated carbocycles. The molecular weight excluding hydrogens is 841 g/mol. The molecule has 0 aliphatic carbocycles. The van der Waals surface area contributed by atoms with Crippen molar-refractivity contribution >= 4 is 11.9 Å². The van der Waals surface area contributed by atoms with Crippen LogP contribution in [0.2, 0.25) is 0 Å². The molecule has 1 saturated heterocycles. The van der Waals surface area contributed by atoms with Crippen LogP contribution >= 0.6 is 0 Å². The zero-order chi connectivity index (χ0) is 49.0. The van der Waals surface area contributed by atoms with Gasteiger partial charge in [-0.05, 0) is 32.1 Å². The highest BCUT2D eigenvalue weighted by molar-refractivity contribution is 5.80. The van der Waals surface area contributed by atoms with Gasteiger partial charge in [0.05, 0.1) is 31.0 Å². The maximum atomic E-state index is 12.5. The van der Waals surface area contributed by atoms with E-state index in [9.17, 15) is 19.8 Å². The van der Waals surface area contributed by atoms with Crippen molar-refractivity contribution in [3.8, 4) is 0 Å². The quantitative estimate of drug-likeness (QED) is 0.0358. The Hall–Kier alpha value is -1.40. The molecule has 1 rings (SSSR count). The van der Waals surface area contributed by atoms with Crippen LogP contribution in [-0.2, 0) is 19.1 Å². The van der Waals surface area contributed by atoms with Crippen molar-refractivity contribution < 1.29 is 29.3 Å². The first-order chi connectivity index (χ1) is 33.6. The first kappa shape index (κ1) is 64.6. The maximum absolute atomic E-state index is 12.5. The average Bonchev–Trinajstić information content (AvgIpc) is 3.40. The van der Waals surface area contributed by atoms with E-state index in [-0.39, 0.29) is 19.6 Å². The highest BCUT2D eigenvalue weighted by Gasteiger charge is 2.36. The second-order valence-electron chi connectivity index (χ2n) is 22.1. The standard InChI is InChI=1S/C62H118O6/c1-2-3-4-5-6-7-8-9-10-11-12-13-14-15-16-17-18-19-20-21-22-23-24-25-26-27-28-29-30-31-32-33-34-35-36-37-38-39-40-41-42-43-44-45-46-47-48-49-50-51-52-53-59-54-60(65)67-57-62(55-63,56-64)58-68-61(59)66/h6-7,59,63-64H,2-5,8-58H2,1H3/b7-6+. The Bertz CT molecular complexity index is 1070. The lowest BCUT2D eigenvalue weighted by Crippen LogP contribution is -2.40. The first-order valence-electron chi connectivity index (χ1n) is 30.8. The Kier molecular flexibility index (Phi) is 49.4. The van der Waals surface area contributed by atoms with Gasteiger partial charge in [-0.25, -0.2) is 0 Å². The molecule has 0 radical (unpaired) electrons. The number of carbonyl (C=O) groups excluding carboxylic acids is 2. The van der Waals surface area contributed by atoms with Crippen molar-refractivity contribution in [1.82, 2.24) is 0 Å². The third-order valence-corrected chi connectivity index (χ3v) is 15.3. The third-order valence-electron chi connectivity index (χ3n) is 15.3. The normalized spacial score (nSPS) is 15.4. The van der Waals surface area contributed by atoms with Gasteiger partial charge >= 0.3 is 11.9 Å². The van der Waals surface area contributed by atoms with Gasteiger partial charge in [-0.1, -0.05) is 308 Å². The van der Waals surface area contributed by atoms with E-state index < -0.39 is 36.5 Å². The number of aliphatic hydroxyl groups is 2. The number of ether oxygens (including phenoxy) is 2. The largest absolute Gasteiger partial charge is 0.465 e. The van der Waals surface area contributed by atoms with Crippen LogP contribution in [0, 0.1) is 11.3 Å². The van der Waals surface area contributed by atoms with Crippen molar-refractivity contribution in [2.75, 3.05) is 26.4 Å². The van der Waals surface area contributed by atoms with Gasteiger partial charge in [0.1, 0.15) is 13.2 Å². The summed E-state index contributed by atoms with van der Waals surface area (Å²) in [6.07, 6.45) is 74.2. The van der Waals surface area contributed by atoms with Gasteiger partial charge in [-0.2, -0.15) is 0 Å². The predicted octanol–water partition coefficient (Wildman–Crippen LogP) is 19.1. The summed E-state index contributed by atoms with van der Waals surface area (Å²) in [6.45, 7) is 1.19. The summed E-state index contributed by atoms with van der Waals surface area (Å²) in [5.41, 5.74) is -1.12. The number of hydrogen-bond donors (Lipinski definition) is 2. The number of esters is 2. The summed E-state index contributed by atoms with van der Waals surface area (Å²) in [5, 5.41) is 19.2. The molecule has 1 unspecified atom stereocenters. The third kappa shape index (κ3) is 43.4. The lowest BCUT2D eigenvalue weighted by Gasteiger charge is -2.27. The van der Waals surface area contributed by atoms with E-state index in [4.69, 9.17) is 9.47 Å². The van der Waals surface area contributed by atoms with Crippen molar-refractivity contribution in [1.29, 1.82) is 0 Å². The molecule has 1 aliphatic heterocycles. The molecule has 402 valence electrons. The van der Waals surface area contributed by atoms with E-state index >= 15 is 0 Å². The van der Waals surface area contributed by atoms with Gasteiger partial charge in [-0.3, -0.25) is 9.59 Å². The Balaban J connectivity index is 1.68. The highest BCUT2D eigenvalue weighted by Crippen LogP contribution is 2.25. The number of aliphatic hydroxyl groups excluding tert-OH is 2. The van der Waals surface area contributed by atoms with Crippen LogP contribution in [0.3, 0.4) is 0 Å². The van der Waals surface area contributed by atoms with Crippen LogP contribution < -0.4 is 0 Å². The molecule has 2 N–H and O–H groups in total. The molecule has 0 bridgehead atoms. The molecular formula is C62H118O6. The molecule has 0 amide bonds. The molecule has 1 aliphatic rings. The van der Waals surface area contributed by atoms with Crippen LogP contribution in [0.5, 0.6) is 0 Å². The molecule has 0 aromatic carbocycles. The molecule has 1 atom stereocenters. The monoisotopic (exact) mass is 959 g/mol. The van der Waals surface area contributed by atoms with Crippen molar-refractivity contribution in [2.24, 2.45) is 11.3 Å². The lowest BCUT2D eigenvalue weighted by atomic mass is 9.92. The van der Waals surface area contributed by atoms with E-state index in [2.05, 4.69) is 19.1 Å². The predicted molar refractivity (Wildman–Crippen MR) is 292 cm³/mol. The average molecular weight is 960 g/mol. The summed E-state index contributed by atoms with van der Waals surface area (Å²) in [7, 11) is 0. The van der Waals surface area contributed by atoms with Gasteiger partial charge < -0.3 is 19.7 Å². The maximum Gasteiger partial charge on any atom is 0.309 e. The van der Waals surface area contributed by atoms with E-state index in [0.717, 1.165) is 19.3 Å². The summed E-state index contributed by atoms with van der Waals surface area (Å²) in [4.78, 5) is 24.7.